The van der Waals surface area contributed by atoms with Crippen molar-refractivity contribution in [1.82, 2.24) is 19.9 Å². The van der Waals surface area contributed by atoms with E-state index in [1.165, 1.54) is 19.3 Å². The highest BCUT2D eigenvalue weighted by atomic mass is 16.2. The summed E-state index contributed by atoms with van der Waals surface area (Å²) >= 11 is 0. The van der Waals surface area contributed by atoms with Crippen LogP contribution in [0.25, 0.3) is 22.0 Å². The molecule has 1 aromatic carbocycles. The number of nitrogens with one attached hydrogen (secondary N) is 3. The molecule has 3 N–H and O–H groups in total. The normalized spacial score (nSPS) is 16.0. The van der Waals surface area contributed by atoms with E-state index in [4.69, 9.17) is 0 Å². The number of fused-ring (bicyclic) bond motifs is 1. The predicted molar refractivity (Wildman–Crippen MR) is 144 cm³/mol. The third-order valence-corrected chi connectivity index (χ3v) is 7.13. The van der Waals surface area contributed by atoms with Crippen LogP contribution in [0.15, 0.2) is 61.2 Å². The molecule has 3 aromatic heterocycles. The maximum atomic E-state index is 13.2. The van der Waals surface area contributed by atoms with Crippen LogP contribution in [0.1, 0.15) is 48.2 Å². The Bertz CT molecular complexity index is 1430. The summed E-state index contributed by atoms with van der Waals surface area (Å²) in [6, 6.07) is 11.7. The zero-order valence-corrected chi connectivity index (χ0v) is 20.7. The third kappa shape index (κ3) is 5.39. The van der Waals surface area contributed by atoms with Gasteiger partial charge < -0.3 is 15.6 Å². The van der Waals surface area contributed by atoms with E-state index in [1.54, 1.807) is 24.8 Å². The van der Waals surface area contributed by atoms with Gasteiger partial charge in [-0.15, -0.1) is 0 Å². The standard InChI is InChI=1S/C29H30N6O2/c36-28(19-4-5-19)34-24-12-21(14-30-15-24)20-6-9-27-25(13-20)26(17-32-27)29(37)33-22-7-8-23(31-16-22)18-35-10-2-1-3-11-35/h6-9,12-17,19,32H,1-5,10-11,18H2,(H,33,37)(H,34,36). The van der Waals surface area contributed by atoms with Gasteiger partial charge in [-0.3, -0.25) is 24.5 Å². The smallest absolute Gasteiger partial charge is 0.257 e. The number of aromatic nitrogens is 3. The summed E-state index contributed by atoms with van der Waals surface area (Å²) in [4.78, 5) is 39.8. The van der Waals surface area contributed by atoms with Gasteiger partial charge >= 0.3 is 0 Å². The van der Waals surface area contributed by atoms with Gasteiger partial charge in [-0.25, -0.2) is 0 Å². The van der Waals surface area contributed by atoms with Crippen LogP contribution in [0.4, 0.5) is 11.4 Å². The van der Waals surface area contributed by atoms with E-state index in [9.17, 15) is 9.59 Å². The highest BCUT2D eigenvalue weighted by Gasteiger charge is 2.29. The number of carbonyl (C=O) groups is 2. The SMILES string of the molecule is O=C(Nc1ccc(CN2CCCCC2)nc1)c1c[nH]c2ccc(-c3cncc(NC(=O)C4CC4)c3)cc12. The molecule has 0 spiro atoms. The average Bonchev–Trinajstić information content (AvgIpc) is 3.69. The number of nitrogens with zero attached hydrogens (tertiary/aromatic N) is 3. The van der Waals surface area contributed by atoms with E-state index in [1.807, 2.05) is 36.4 Å². The first-order chi connectivity index (χ1) is 18.1. The van der Waals surface area contributed by atoms with Crippen molar-refractivity contribution in [3.05, 3.63) is 72.4 Å². The predicted octanol–water partition coefficient (Wildman–Crippen LogP) is 5.21. The van der Waals surface area contributed by atoms with Gasteiger partial charge in [0.15, 0.2) is 0 Å². The lowest BCUT2D eigenvalue weighted by atomic mass is 10.0. The Morgan fingerprint density at radius 3 is 2.57 bits per heavy atom. The Balaban J connectivity index is 1.17. The van der Waals surface area contributed by atoms with Gasteiger partial charge in [0.1, 0.15) is 0 Å². The Kier molecular flexibility index (Phi) is 6.40. The minimum atomic E-state index is -0.197. The highest BCUT2D eigenvalue weighted by Crippen LogP contribution is 2.31. The monoisotopic (exact) mass is 494 g/mol. The number of hydrogen-bond acceptors (Lipinski definition) is 5. The van der Waals surface area contributed by atoms with E-state index >= 15 is 0 Å². The van der Waals surface area contributed by atoms with Crippen LogP contribution in [0.5, 0.6) is 0 Å². The number of H-pyrrole nitrogens is 1. The highest BCUT2D eigenvalue weighted by molar-refractivity contribution is 6.13. The fourth-order valence-corrected chi connectivity index (χ4v) is 4.88. The van der Waals surface area contributed by atoms with Crippen molar-refractivity contribution in [3.63, 3.8) is 0 Å². The molecule has 1 aliphatic heterocycles. The summed E-state index contributed by atoms with van der Waals surface area (Å²) in [6.07, 6.45) is 12.6. The van der Waals surface area contributed by atoms with Crippen LogP contribution in [0.3, 0.4) is 0 Å². The number of hydrogen-bond donors (Lipinski definition) is 3. The Labute approximate surface area is 215 Å². The van der Waals surface area contributed by atoms with E-state index in [0.29, 0.717) is 16.9 Å². The molecule has 6 rings (SSSR count). The van der Waals surface area contributed by atoms with Gasteiger partial charge in [0.05, 0.1) is 35.0 Å². The fourth-order valence-electron chi connectivity index (χ4n) is 4.88. The second-order valence-corrected chi connectivity index (χ2v) is 10.0. The van der Waals surface area contributed by atoms with E-state index in [-0.39, 0.29) is 17.7 Å². The lowest BCUT2D eigenvalue weighted by molar-refractivity contribution is -0.117. The molecule has 4 aromatic rings. The van der Waals surface area contributed by atoms with Crippen molar-refractivity contribution >= 4 is 34.1 Å². The second kappa shape index (κ2) is 10.1. The van der Waals surface area contributed by atoms with Crippen LogP contribution in [0, 0.1) is 5.92 Å². The van der Waals surface area contributed by atoms with Gasteiger partial charge in [-0.05, 0) is 74.7 Å². The molecule has 8 nitrogen and oxygen atoms in total. The van der Waals surface area contributed by atoms with Gasteiger partial charge in [0, 0.05) is 41.3 Å². The van der Waals surface area contributed by atoms with E-state index in [2.05, 4.69) is 30.5 Å². The number of pyridine rings is 2. The van der Waals surface area contributed by atoms with Crippen LogP contribution in [-0.4, -0.2) is 44.8 Å². The molecule has 1 saturated carbocycles. The number of amides is 2. The molecular formula is C29H30N6O2. The zero-order chi connectivity index (χ0) is 25.2. The largest absolute Gasteiger partial charge is 0.360 e. The maximum absolute atomic E-state index is 13.2. The van der Waals surface area contributed by atoms with Crippen molar-refractivity contribution in [2.24, 2.45) is 5.92 Å². The molecule has 188 valence electrons. The topological polar surface area (TPSA) is 103 Å². The van der Waals surface area contributed by atoms with Crippen molar-refractivity contribution < 1.29 is 9.59 Å². The summed E-state index contributed by atoms with van der Waals surface area (Å²) in [6.45, 7) is 3.09. The van der Waals surface area contributed by atoms with Crippen molar-refractivity contribution in [3.8, 4) is 11.1 Å². The van der Waals surface area contributed by atoms with Crippen LogP contribution < -0.4 is 10.6 Å². The second-order valence-electron chi connectivity index (χ2n) is 10.0. The number of carbonyl (C=O) groups excluding carboxylic acids is 2. The molecular weight excluding hydrogens is 464 g/mol. The van der Waals surface area contributed by atoms with Crippen molar-refractivity contribution in [2.45, 2.75) is 38.6 Å². The summed E-state index contributed by atoms with van der Waals surface area (Å²) in [5.41, 5.74) is 5.58. The molecule has 2 aliphatic rings. The number of piperidine rings is 1. The third-order valence-electron chi connectivity index (χ3n) is 7.13. The Morgan fingerprint density at radius 2 is 1.78 bits per heavy atom. The molecule has 4 heterocycles. The number of rotatable bonds is 7. The van der Waals surface area contributed by atoms with Gasteiger partial charge in [0.2, 0.25) is 5.91 Å². The number of benzene rings is 1. The molecule has 0 radical (unpaired) electrons. The van der Waals surface area contributed by atoms with Crippen molar-refractivity contribution in [1.29, 1.82) is 0 Å². The molecule has 1 saturated heterocycles. The van der Waals surface area contributed by atoms with Crippen molar-refractivity contribution in [2.75, 3.05) is 23.7 Å². The first-order valence-electron chi connectivity index (χ1n) is 13.0. The van der Waals surface area contributed by atoms with Crippen LogP contribution in [0.2, 0.25) is 0 Å². The van der Waals surface area contributed by atoms with Crippen LogP contribution in [-0.2, 0) is 11.3 Å². The number of aromatic amines is 1. The summed E-state index contributed by atoms with van der Waals surface area (Å²) < 4.78 is 0. The molecule has 0 atom stereocenters. The zero-order valence-electron chi connectivity index (χ0n) is 20.7. The molecule has 0 unspecified atom stereocenters. The first-order valence-corrected chi connectivity index (χ1v) is 13.0. The number of anilines is 2. The summed E-state index contributed by atoms with van der Waals surface area (Å²) in [5.74, 6) is -0.0208. The lowest BCUT2D eigenvalue weighted by Gasteiger charge is -2.25. The number of likely N-dealkylation sites (tertiary alicyclic amines) is 1. The minimum Gasteiger partial charge on any atom is -0.360 e. The quantitative estimate of drug-likeness (QED) is 0.327. The lowest BCUT2D eigenvalue weighted by Crippen LogP contribution is -2.29. The van der Waals surface area contributed by atoms with E-state index < -0.39 is 0 Å². The molecule has 1 aliphatic carbocycles. The molecule has 2 fully saturated rings. The van der Waals surface area contributed by atoms with Gasteiger partial charge in [-0.1, -0.05) is 12.5 Å². The Hall–Kier alpha value is -4.04. The van der Waals surface area contributed by atoms with Crippen LogP contribution >= 0.6 is 0 Å². The molecule has 8 heteroatoms. The Morgan fingerprint density at radius 1 is 0.919 bits per heavy atom. The fraction of sp³-hybridized carbons (Fsp3) is 0.310. The van der Waals surface area contributed by atoms with Gasteiger partial charge in [-0.2, -0.15) is 0 Å². The maximum Gasteiger partial charge on any atom is 0.257 e. The first kappa shape index (κ1) is 23.4. The minimum absolute atomic E-state index is 0.0491. The summed E-state index contributed by atoms with van der Waals surface area (Å²) in [5, 5.41) is 6.75. The van der Waals surface area contributed by atoms with E-state index in [0.717, 1.165) is 60.2 Å². The molecule has 0 bridgehead atoms. The summed E-state index contributed by atoms with van der Waals surface area (Å²) in [7, 11) is 0. The molecule has 2 amide bonds. The molecule has 37 heavy (non-hydrogen) atoms. The van der Waals surface area contributed by atoms with Gasteiger partial charge in [0.25, 0.3) is 5.91 Å². The average molecular weight is 495 g/mol.